The van der Waals surface area contributed by atoms with Crippen molar-refractivity contribution in [3.05, 3.63) is 35.9 Å². The molecule has 2 nitrogen and oxygen atoms in total. The molecule has 1 fully saturated rings. The van der Waals surface area contributed by atoms with Gasteiger partial charge in [0.15, 0.2) is 0 Å². The number of piperazine rings is 1. The number of nitrogens with one attached hydrogen (secondary N) is 1. The van der Waals surface area contributed by atoms with Crippen LogP contribution in [-0.2, 0) is 0 Å². The molecule has 1 unspecified atom stereocenters. The highest BCUT2D eigenvalue weighted by Crippen LogP contribution is 2.26. The van der Waals surface area contributed by atoms with E-state index in [4.69, 9.17) is 0 Å². The van der Waals surface area contributed by atoms with Crippen LogP contribution in [0.1, 0.15) is 52.1 Å². The number of hydrogen-bond donors (Lipinski definition) is 1. The highest BCUT2D eigenvalue weighted by molar-refractivity contribution is 5.20. The van der Waals surface area contributed by atoms with Crippen molar-refractivity contribution in [1.29, 1.82) is 0 Å². The summed E-state index contributed by atoms with van der Waals surface area (Å²) >= 11 is 0. The largest absolute Gasteiger partial charge is 0.307 e. The van der Waals surface area contributed by atoms with Crippen LogP contribution in [0.15, 0.2) is 30.3 Å². The Hall–Kier alpha value is -0.860. The smallest absolute Gasteiger partial charge is 0.0450 e. The minimum absolute atomic E-state index is 0.266. The zero-order valence-corrected chi connectivity index (χ0v) is 13.5. The van der Waals surface area contributed by atoms with Gasteiger partial charge in [-0.15, -0.1) is 0 Å². The van der Waals surface area contributed by atoms with Crippen LogP contribution in [0, 0.1) is 5.92 Å². The Kier molecular flexibility index (Phi) is 5.22. The molecule has 0 amide bonds. The maximum absolute atomic E-state index is 3.71. The highest BCUT2D eigenvalue weighted by atomic mass is 15.3. The monoisotopic (exact) mass is 274 g/mol. The molecular formula is C18H30N2. The van der Waals surface area contributed by atoms with E-state index in [-0.39, 0.29) is 5.54 Å². The van der Waals surface area contributed by atoms with Crippen molar-refractivity contribution in [3.8, 4) is 0 Å². The van der Waals surface area contributed by atoms with Gasteiger partial charge >= 0.3 is 0 Å². The van der Waals surface area contributed by atoms with Gasteiger partial charge in [-0.1, -0.05) is 44.2 Å². The van der Waals surface area contributed by atoms with Crippen LogP contribution >= 0.6 is 0 Å². The topological polar surface area (TPSA) is 15.3 Å². The van der Waals surface area contributed by atoms with Gasteiger partial charge in [0.05, 0.1) is 0 Å². The molecule has 1 aliphatic heterocycles. The van der Waals surface area contributed by atoms with Crippen molar-refractivity contribution in [2.24, 2.45) is 5.92 Å². The number of nitrogens with zero attached hydrogens (tertiary/aromatic N) is 1. The summed E-state index contributed by atoms with van der Waals surface area (Å²) in [4.78, 5) is 2.67. The van der Waals surface area contributed by atoms with Gasteiger partial charge in [0.1, 0.15) is 0 Å². The molecule has 0 spiro atoms. The molecule has 1 heterocycles. The standard InChI is InChI=1S/C18H30N2/c1-15(2)9-8-12-20-13-17(19-14-18(20,3)4)16-10-6-5-7-11-16/h5-7,10-11,15,17,19H,8-9,12-14H2,1-4H3. The first-order valence-corrected chi connectivity index (χ1v) is 8.02. The quantitative estimate of drug-likeness (QED) is 0.877. The fourth-order valence-electron chi connectivity index (χ4n) is 3.01. The van der Waals surface area contributed by atoms with Gasteiger partial charge in [-0.2, -0.15) is 0 Å². The van der Waals surface area contributed by atoms with E-state index in [0.29, 0.717) is 6.04 Å². The van der Waals surface area contributed by atoms with Gasteiger partial charge in [0.2, 0.25) is 0 Å². The summed E-state index contributed by atoms with van der Waals surface area (Å²) in [6, 6.07) is 11.3. The Balaban J connectivity index is 1.97. The first-order chi connectivity index (χ1) is 9.49. The normalized spacial score (nSPS) is 23.1. The number of rotatable bonds is 5. The molecule has 1 aromatic rings. The van der Waals surface area contributed by atoms with Crippen molar-refractivity contribution >= 4 is 0 Å². The zero-order valence-electron chi connectivity index (χ0n) is 13.5. The molecule has 0 aliphatic carbocycles. The fourth-order valence-corrected chi connectivity index (χ4v) is 3.01. The van der Waals surface area contributed by atoms with Crippen LogP contribution < -0.4 is 5.32 Å². The van der Waals surface area contributed by atoms with E-state index in [2.05, 4.69) is 68.2 Å². The third-order valence-electron chi connectivity index (χ3n) is 4.45. The molecule has 0 bridgehead atoms. The zero-order chi connectivity index (χ0) is 14.6. The van der Waals surface area contributed by atoms with Crippen molar-refractivity contribution < 1.29 is 0 Å². The van der Waals surface area contributed by atoms with E-state index >= 15 is 0 Å². The van der Waals surface area contributed by atoms with Crippen LogP contribution in [0.4, 0.5) is 0 Å². The minimum Gasteiger partial charge on any atom is -0.307 e. The van der Waals surface area contributed by atoms with Gasteiger partial charge < -0.3 is 5.32 Å². The third-order valence-corrected chi connectivity index (χ3v) is 4.45. The van der Waals surface area contributed by atoms with Crippen molar-refractivity contribution in [2.75, 3.05) is 19.6 Å². The molecule has 2 heteroatoms. The lowest BCUT2D eigenvalue weighted by molar-refractivity contribution is 0.0634. The number of benzene rings is 1. The van der Waals surface area contributed by atoms with Gasteiger partial charge in [-0.3, -0.25) is 4.90 Å². The molecule has 1 atom stereocenters. The van der Waals surface area contributed by atoms with E-state index in [1.807, 2.05) is 0 Å². The molecular weight excluding hydrogens is 244 g/mol. The van der Waals surface area contributed by atoms with Crippen molar-refractivity contribution in [3.63, 3.8) is 0 Å². The predicted molar refractivity (Wildman–Crippen MR) is 86.9 cm³/mol. The molecule has 20 heavy (non-hydrogen) atoms. The molecule has 112 valence electrons. The Morgan fingerprint density at radius 1 is 1.25 bits per heavy atom. The third kappa shape index (κ3) is 4.07. The summed E-state index contributed by atoms with van der Waals surface area (Å²) in [5.41, 5.74) is 1.68. The van der Waals surface area contributed by atoms with Crippen LogP contribution in [0.25, 0.3) is 0 Å². The van der Waals surface area contributed by atoms with Gasteiger partial charge in [0, 0.05) is 24.7 Å². The summed E-state index contributed by atoms with van der Waals surface area (Å²) in [5.74, 6) is 0.811. The molecule has 1 saturated heterocycles. The molecule has 2 rings (SSSR count). The Morgan fingerprint density at radius 3 is 2.60 bits per heavy atom. The van der Waals surface area contributed by atoms with Crippen LogP contribution in [0.2, 0.25) is 0 Å². The molecule has 1 N–H and O–H groups in total. The van der Waals surface area contributed by atoms with Gasteiger partial charge in [-0.25, -0.2) is 0 Å². The van der Waals surface area contributed by atoms with E-state index < -0.39 is 0 Å². The molecule has 0 radical (unpaired) electrons. The van der Waals surface area contributed by atoms with Crippen LogP contribution in [-0.4, -0.2) is 30.1 Å². The lowest BCUT2D eigenvalue weighted by Gasteiger charge is -2.46. The van der Waals surface area contributed by atoms with Crippen molar-refractivity contribution in [1.82, 2.24) is 10.2 Å². The second-order valence-corrected chi connectivity index (χ2v) is 7.14. The molecule has 0 saturated carbocycles. The molecule has 1 aliphatic rings. The SMILES string of the molecule is CC(C)CCCN1CC(c2ccccc2)NCC1(C)C. The van der Waals surface area contributed by atoms with Crippen LogP contribution in [0.5, 0.6) is 0 Å². The van der Waals surface area contributed by atoms with Crippen LogP contribution in [0.3, 0.4) is 0 Å². The van der Waals surface area contributed by atoms with Crippen molar-refractivity contribution in [2.45, 2.75) is 52.1 Å². The Bertz CT molecular complexity index is 397. The summed E-state index contributed by atoms with van der Waals surface area (Å²) in [6.45, 7) is 12.7. The van der Waals surface area contributed by atoms with E-state index in [0.717, 1.165) is 19.0 Å². The minimum atomic E-state index is 0.266. The number of hydrogen-bond acceptors (Lipinski definition) is 2. The lowest BCUT2D eigenvalue weighted by atomic mass is 9.93. The Labute approximate surface area is 124 Å². The van der Waals surface area contributed by atoms with E-state index in [1.54, 1.807) is 0 Å². The average molecular weight is 274 g/mol. The Morgan fingerprint density at radius 2 is 1.95 bits per heavy atom. The predicted octanol–water partition coefficient (Wildman–Crippen LogP) is 3.85. The highest BCUT2D eigenvalue weighted by Gasteiger charge is 2.33. The summed E-state index contributed by atoms with van der Waals surface area (Å²) < 4.78 is 0. The van der Waals surface area contributed by atoms with Gasteiger partial charge in [-0.05, 0) is 44.7 Å². The summed E-state index contributed by atoms with van der Waals surface area (Å²) in [7, 11) is 0. The summed E-state index contributed by atoms with van der Waals surface area (Å²) in [6.07, 6.45) is 2.64. The molecule has 1 aromatic carbocycles. The second-order valence-electron chi connectivity index (χ2n) is 7.14. The second kappa shape index (κ2) is 6.73. The van der Waals surface area contributed by atoms with E-state index in [1.165, 1.54) is 24.9 Å². The molecule has 0 aromatic heterocycles. The fraction of sp³-hybridized carbons (Fsp3) is 0.667. The summed E-state index contributed by atoms with van der Waals surface area (Å²) in [5, 5.41) is 3.71. The lowest BCUT2D eigenvalue weighted by Crippen LogP contribution is -2.59. The first kappa shape index (κ1) is 15.5. The maximum Gasteiger partial charge on any atom is 0.0450 e. The van der Waals surface area contributed by atoms with Gasteiger partial charge in [0.25, 0.3) is 0 Å². The van der Waals surface area contributed by atoms with E-state index in [9.17, 15) is 0 Å². The maximum atomic E-state index is 3.71. The first-order valence-electron chi connectivity index (χ1n) is 8.02. The average Bonchev–Trinajstić information content (AvgIpc) is 2.41.